The van der Waals surface area contributed by atoms with Gasteiger partial charge < -0.3 is 0 Å². The summed E-state index contributed by atoms with van der Waals surface area (Å²) in [6.45, 7) is 6.55. The summed E-state index contributed by atoms with van der Waals surface area (Å²) in [6.07, 6.45) is 2.56. The topological polar surface area (TPSA) is 78.2 Å². The predicted octanol–water partition coefficient (Wildman–Crippen LogP) is 2.27. The first-order chi connectivity index (χ1) is 7.47. The van der Waals surface area contributed by atoms with Gasteiger partial charge in [-0.1, -0.05) is 37.4 Å². The Hall–Kier alpha value is -1.90. The van der Waals surface area contributed by atoms with Crippen LogP contribution in [0.25, 0.3) is 6.08 Å². The van der Waals surface area contributed by atoms with Gasteiger partial charge in [0.05, 0.1) is 6.07 Å². The lowest BCUT2D eigenvalue weighted by molar-refractivity contribution is 0.483. The largest absolute Gasteiger partial charge is 0.295 e. The van der Waals surface area contributed by atoms with Gasteiger partial charge in [0.15, 0.2) is 0 Å². The normalized spacial score (nSPS) is 9.25. The van der Waals surface area contributed by atoms with Crippen molar-refractivity contribution in [1.29, 1.82) is 5.26 Å². The molecule has 0 spiro atoms. The molecule has 1 aromatic carbocycles. The van der Waals surface area contributed by atoms with Crippen LogP contribution in [0, 0.1) is 11.3 Å². The first-order valence-electron chi connectivity index (χ1n) is 4.16. The summed E-state index contributed by atoms with van der Waals surface area (Å²) in [5, 5.41) is 7.51. The molecule has 0 bridgehead atoms. The summed E-state index contributed by atoms with van der Waals surface area (Å²) >= 11 is 0. The molecular formula is C11H11NO3S. The predicted molar refractivity (Wildman–Crippen MR) is 62.2 cm³/mol. The lowest BCUT2D eigenvalue weighted by atomic mass is 10.2. The van der Waals surface area contributed by atoms with Gasteiger partial charge in [-0.25, -0.2) is 0 Å². The number of nitrogens with zero attached hydrogens (tertiary/aromatic N) is 1. The number of allylic oxidation sites excluding steroid dienone is 1. The second-order valence-corrected chi connectivity index (χ2v) is 3.94. The smallest absolute Gasteiger partial charge is 0.282 e. The summed E-state index contributed by atoms with van der Waals surface area (Å²) in [6, 6.07) is 7.80. The van der Waals surface area contributed by atoms with Gasteiger partial charge in [-0.3, -0.25) is 4.55 Å². The van der Waals surface area contributed by atoms with Crippen molar-refractivity contribution >= 4 is 16.2 Å². The maximum absolute atomic E-state index is 10.7. The zero-order chi connectivity index (χ0) is 12.6. The van der Waals surface area contributed by atoms with E-state index in [1.54, 1.807) is 18.2 Å². The maximum atomic E-state index is 10.7. The van der Waals surface area contributed by atoms with Crippen molar-refractivity contribution in [2.45, 2.75) is 4.90 Å². The SMILES string of the molecule is C=CC#N.C=Cc1ccccc1S(=O)(=O)O. The van der Waals surface area contributed by atoms with Gasteiger partial charge >= 0.3 is 0 Å². The van der Waals surface area contributed by atoms with Gasteiger partial charge in [0.2, 0.25) is 0 Å². The second kappa shape index (κ2) is 6.56. The number of hydrogen-bond donors (Lipinski definition) is 1. The zero-order valence-electron chi connectivity index (χ0n) is 8.50. The van der Waals surface area contributed by atoms with E-state index in [1.807, 2.05) is 0 Å². The zero-order valence-corrected chi connectivity index (χ0v) is 9.31. The van der Waals surface area contributed by atoms with Gasteiger partial charge in [0, 0.05) is 6.08 Å². The Balaban J connectivity index is 0.000000487. The average Bonchev–Trinajstić information content (AvgIpc) is 2.28. The van der Waals surface area contributed by atoms with E-state index in [2.05, 4.69) is 13.2 Å². The lowest BCUT2D eigenvalue weighted by Gasteiger charge is -2.00. The molecule has 5 heteroatoms. The number of nitriles is 1. The molecule has 1 N–H and O–H groups in total. The standard InChI is InChI=1S/C8H8O3S.C3H3N/c1-2-7-5-3-4-6-8(7)12(9,10)11;1-2-3-4/h2-6H,1H2,(H,9,10,11);2H,1H2. The molecular weight excluding hydrogens is 226 g/mol. The highest BCUT2D eigenvalue weighted by atomic mass is 32.2. The lowest BCUT2D eigenvalue weighted by Crippen LogP contribution is -1.99. The van der Waals surface area contributed by atoms with E-state index in [0.717, 1.165) is 0 Å². The Morgan fingerprint density at radius 1 is 1.31 bits per heavy atom. The summed E-state index contributed by atoms with van der Waals surface area (Å²) in [5.74, 6) is 0. The molecule has 1 rings (SSSR count). The molecule has 0 aliphatic heterocycles. The van der Waals surface area contributed by atoms with E-state index < -0.39 is 10.1 Å². The third kappa shape index (κ3) is 4.55. The minimum absolute atomic E-state index is 0.111. The summed E-state index contributed by atoms with van der Waals surface area (Å²) in [5.41, 5.74) is 0.403. The molecule has 4 nitrogen and oxygen atoms in total. The van der Waals surface area contributed by atoms with E-state index in [-0.39, 0.29) is 4.90 Å². The van der Waals surface area contributed by atoms with Crippen LogP contribution in [0.1, 0.15) is 5.56 Å². The molecule has 0 fully saturated rings. The van der Waals surface area contributed by atoms with Gasteiger partial charge in [-0.2, -0.15) is 13.7 Å². The number of rotatable bonds is 2. The van der Waals surface area contributed by atoms with E-state index in [1.165, 1.54) is 24.3 Å². The second-order valence-electron chi connectivity index (χ2n) is 2.55. The molecule has 0 saturated heterocycles. The van der Waals surface area contributed by atoms with Crippen molar-refractivity contribution in [2.24, 2.45) is 0 Å². The van der Waals surface area contributed by atoms with E-state index >= 15 is 0 Å². The molecule has 0 amide bonds. The Kier molecular flexibility index (Phi) is 5.78. The van der Waals surface area contributed by atoms with Crippen molar-refractivity contribution < 1.29 is 13.0 Å². The molecule has 0 unspecified atom stereocenters. The molecule has 84 valence electrons. The van der Waals surface area contributed by atoms with Crippen molar-refractivity contribution in [2.75, 3.05) is 0 Å². The van der Waals surface area contributed by atoms with Crippen LogP contribution in [0.15, 0.2) is 48.4 Å². The highest BCUT2D eigenvalue weighted by Gasteiger charge is 2.11. The molecule has 1 aromatic rings. The Morgan fingerprint density at radius 3 is 2.12 bits per heavy atom. The summed E-state index contributed by atoms with van der Waals surface area (Å²) in [4.78, 5) is -0.111. The molecule has 0 heterocycles. The fraction of sp³-hybridized carbons (Fsp3) is 0. The molecule has 0 aliphatic carbocycles. The van der Waals surface area contributed by atoms with Crippen LogP contribution in [0.3, 0.4) is 0 Å². The van der Waals surface area contributed by atoms with Crippen LogP contribution in [-0.4, -0.2) is 13.0 Å². The van der Waals surface area contributed by atoms with E-state index in [0.29, 0.717) is 5.56 Å². The highest BCUT2D eigenvalue weighted by Crippen LogP contribution is 2.15. The van der Waals surface area contributed by atoms with Crippen molar-refractivity contribution in [3.8, 4) is 6.07 Å². The molecule has 0 aliphatic rings. The van der Waals surface area contributed by atoms with Gasteiger partial charge in [-0.15, -0.1) is 0 Å². The summed E-state index contributed by atoms with van der Waals surface area (Å²) in [7, 11) is -4.12. The number of hydrogen-bond acceptors (Lipinski definition) is 3. The van der Waals surface area contributed by atoms with Crippen molar-refractivity contribution in [3.63, 3.8) is 0 Å². The minimum atomic E-state index is -4.12. The van der Waals surface area contributed by atoms with Crippen molar-refractivity contribution in [3.05, 3.63) is 49.1 Å². The van der Waals surface area contributed by atoms with Crippen LogP contribution in [-0.2, 0) is 10.1 Å². The van der Waals surface area contributed by atoms with E-state index in [4.69, 9.17) is 9.81 Å². The quantitative estimate of drug-likeness (QED) is 0.632. The Labute approximate surface area is 94.9 Å². The number of benzene rings is 1. The molecule has 0 aromatic heterocycles. The Morgan fingerprint density at radius 2 is 1.81 bits per heavy atom. The first-order valence-corrected chi connectivity index (χ1v) is 5.60. The van der Waals surface area contributed by atoms with Gasteiger partial charge in [0.25, 0.3) is 10.1 Å². The van der Waals surface area contributed by atoms with Crippen LogP contribution < -0.4 is 0 Å². The van der Waals surface area contributed by atoms with Crippen LogP contribution >= 0.6 is 0 Å². The van der Waals surface area contributed by atoms with Gasteiger partial charge in [-0.05, 0) is 11.6 Å². The summed E-state index contributed by atoms with van der Waals surface area (Å²) < 4.78 is 30.2. The third-order valence-electron chi connectivity index (χ3n) is 1.51. The molecule has 0 saturated carbocycles. The highest BCUT2D eigenvalue weighted by molar-refractivity contribution is 7.85. The maximum Gasteiger partial charge on any atom is 0.295 e. The third-order valence-corrected chi connectivity index (χ3v) is 2.44. The van der Waals surface area contributed by atoms with Gasteiger partial charge in [0.1, 0.15) is 4.90 Å². The van der Waals surface area contributed by atoms with Crippen LogP contribution in [0.5, 0.6) is 0 Å². The Bertz CT molecular complexity index is 512. The molecule has 0 atom stereocenters. The van der Waals surface area contributed by atoms with Crippen LogP contribution in [0.2, 0.25) is 0 Å². The first kappa shape index (κ1) is 14.1. The fourth-order valence-electron chi connectivity index (χ4n) is 0.884. The van der Waals surface area contributed by atoms with Crippen LogP contribution in [0.4, 0.5) is 0 Å². The molecule has 0 radical (unpaired) electrons. The van der Waals surface area contributed by atoms with Crippen molar-refractivity contribution in [1.82, 2.24) is 0 Å². The minimum Gasteiger partial charge on any atom is -0.282 e. The van der Waals surface area contributed by atoms with E-state index in [9.17, 15) is 8.42 Å². The average molecular weight is 237 g/mol. The fourth-order valence-corrected chi connectivity index (χ4v) is 1.58. The molecule has 16 heavy (non-hydrogen) atoms. The monoisotopic (exact) mass is 237 g/mol.